The van der Waals surface area contributed by atoms with E-state index in [1.54, 1.807) is 0 Å². The lowest BCUT2D eigenvalue weighted by Crippen LogP contribution is -2.61. The lowest BCUT2D eigenvalue weighted by molar-refractivity contribution is 1.00. The number of aromatic nitrogens is 4. The molecule has 5 heteroatoms. The van der Waals surface area contributed by atoms with Crippen molar-refractivity contribution < 1.29 is 0 Å². The third kappa shape index (κ3) is 2.98. The maximum absolute atomic E-state index is 2.61. The summed E-state index contributed by atoms with van der Waals surface area (Å²) in [5, 5.41) is 7.76. The van der Waals surface area contributed by atoms with E-state index in [0.717, 1.165) is 0 Å². The number of nitrogens with zero attached hydrogens (tertiary/aromatic N) is 4. The average molecular weight is 647 g/mol. The molecule has 51 heavy (non-hydrogen) atoms. The van der Waals surface area contributed by atoms with Crippen LogP contribution in [0.2, 0.25) is 0 Å². The van der Waals surface area contributed by atoms with Crippen molar-refractivity contribution in [2.24, 2.45) is 0 Å². The molecule has 4 aromatic heterocycles. The number of hydrogen-bond donors (Lipinski definition) is 0. The molecule has 0 N–H and O–H groups in total. The van der Waals surface area contributed by atoms with Gasteiger partial charge in [-0.05, 0) is 70.9 Å². The first-order valence-corrected chi connectivity index (χ1v) is 17.8. The Morgan fingerprint density at radius 1 is 0.333 bits per heavy atom. The van der Waals surface area contributed by atoms with E-state index in [2.05, 4.69) is 182 Å². The van der Waals surface area contributed by atoms with Crippen molar-refractivity contribution in [2.45, 2.75) is 0 Å². The molecule has 13 rings (SSSR count). The van der Waals surface area contributed by atoms with Crippen molar-refractivity contribution in [1.29, 1.82) is 0 Å². The maximum atomic E-state index is 2.61. The first kappa shape index (κ1) is 26.2. The zero-order valence-electron chi connectivity index (χ0n) is 27.5. The van der Waals surface area contributed by atoms with Crippen LogP contribution >= 0.6 is 0 Å². The van der Waals surface area contributed by atoms with Gasteiger partial charge in [-0.1, -0.05) is 109 Å². The summed E-state index contributed by atoms with van der Waals surface area (Å²) >= 11 is 0. The topological polar surface area (TPSA) is 19.7 Å². The van der Waals surface area contributed by atoms with E-state index >= 15 is 0 Å². The second-order valence-corrected chi connectivity index (χ2v) is 14.1. The van der Waals surface area contributed by atoms with Crippen LogP contribution in [0.4, 0.5) is 0 Å². The lowest BCUT2D eigenvalue weighted by Gasteiger charge is -2.32. The highest BCUT2D eigenvalue weighted by atomic mass is 15.2. The summed E-state index contributed by atoms with van der Waals surface area (Å²) in [5.74, 6) is 1.23. The third-order valence-electron chi connectivity index (χ3n) is 11.7. The predicted octanol–water partition coefficient (Wildman–Crippen LogP) is 8.91. The molecular formula is C46H27BN4. The molecule has 2 aliphatic heterocycles. The molecule has 2 aliphatic rings. The second-order valence-electron chi connectivity index (χ2n) is 14.1. The Morgan fingerprint density at radius 3 is 1.41 bits per heavy atom. The highest BCUT2D eigenvalue weighted by Gasteiger charge is 2.46. The van der Waals surface area contributed by atoms with Crippen LogP contribution < -0.4 is 16.5 Å². The molecule has 0 saturated heterocycles. The van der Waals surface area contributed by atoms with Crippen LogP contribution in [-0.2, 0) is 0 Å². The van der Waals surface area contributed by atoms with Crippen LogP contribution in [-0.4, -0.2) is 25.0 Å². The van der Waals surface area contributed by atoms with Crippen LogP contribution in [0, 0.1) is 0 Å². The van der Waals surface area contributed by atoms with Gasteiger partial charge >= 0.3 is 0 Å². The first-order chi connectivity index (χ1) is 25.4. The van der Waals surface area contributed by atoms with Gasteiger partial charge in [0.2, 0.25) is 0 Å². The van der Waals surface area contributed by atoms with E-state index in [4.69, 9.17) is 0 Å². The molecule has 0 fully saturated rings. The van der Waals surface area contributed by atoms with E-state index in [9.17, 15) is 0 Å². The smallest absolute Gasteiger partial charge is 0.276 e. The van der Waals surface area contributed by atoms with Crippen LogP contribution in [0.25, 0.3) is 88.3 Å². The van der Waals surface area contributed by atoms with Crippen molar-refractivity contribution in [2.75, 3.05) is 0 Å². The molecule has 11 aromatic rings. The molecule has 0 aliphatic carbocycles. The molecule has 0 bridgehead atoms. The third-order valence-corrected chi connectivity index (χ3v) is 11.7. The summed E-state index contributed by atoms with van der Waals surface area (Å²) in [6, 6.07) is 60.5. The van der Waals surface area contributed by atoms with Gasteiger partial charge < -0.3 is 9.13 Å². The lowest BCUT2D eigenvalue weighted by atomic mass is 9.35. The number of fused-ring (bicyclic) bond motifs is 16. The van der Waals surface area contributed by atoms with Crippen molar-refractivity contribution in [3.05, 3.63) is 164 Å². The molecule has 0 spiro atoms. The summed E-state index contributed by atoms with van der Waals surface area (Å²) in [4.78, 5) is 0. The fourth-order valence-electron chi connectivity index (χ4n) is 9.95. The van der Waals surface area contributed by atoms with Gasteiger partial charge in [0, 0.05) is 43.9 Å². The highest BCUT2D eigenvalue weighted by Crippen LogP contribution is 2.45. The Morgan fingerprint density at radius 2 is 0.784 bits per heavy atom. The van der Waals surface area contributed by atoms with Crippen LogP contribution in [0.5, 0.6) is 0 Å². The van der Waals surface area contributed by atoms with Gasteiger partial charge in [-0.25, -0.2) is 0 Å². The van der Waals surface area contributed by atoms with Crippen molar-refractivity contribution in [3.63, 3.8) is 0 Å². The summed E-state index contributed by atoms with van der Waals surface area (Å²) in [5.41, 5.74) is 15.3. The van der Waals surface area contributed by atoms with Gasteiger partial charge in [-0.2, -0.15) is 0 Å². The molecule has 0 amide bonds. The van der Waals surface area contributed by atoms with Crippen LogP contribution in [0.3, 0.4) is 0 Å². The van der Waals surface area contributed by atoms with Crippen molar-refractivity contribution in [1.82, 2.24) is 18.3 Å². The molecule has 234 valence electrons. The van der Waals surface area contributed by atoms with Gasteiger partial charge in [0.1, 0.15) is 5.82 Å². The van der Waals surface area contributed by atoms with Gasteiger partial charge in [0.15, 0.2) is 0 Å². The zero-order chi connectivity index (χ0) is 32.9. The average Bonchev–Trinajstić information content (AvgIpc) is 3.92. The number of hydrogen-bond acceptors (Lipinski definition) is 0. The van der Waals surface area contributed by atoms with Crippen LogP contribution in [0.1, 0.15) is 0 Å². The Kier molecular flexibility index (Phi) is 4.67. The fraction of sp³-hybridized carbons (Fsp3) is 0. The minimum absolute atomic E-state index is 0.0303. The molecule has 7 aromatic carbocycles. The van der Waals surface area contributed by atoms with E-state index < -0.39 is 0 Å². The van der Waals surface area contributed by atoms with Crippen molar-refractivity contribution in [3.8, 4) is 22.9 Å². The zero-order valence-corrected chi connectivity index (χ0v) is 27.5. The van der Waals surface area contributed by atoms with E-state index in [1.165, 1.54) is 105 Å². The minimum Gasteiger partial charge on any atom is -0.319 e. The van der Waals surface area contributed by atoms with E-state index in [1.807, 2.05) is 0 Å². The van der Waals surface area contributed by atoms with Gasteiger partial charge in [-0.3, -0.25) is 9.13 Å². The molecule has 4 nitrogen and oxygen atoms in total. The number of rotatable bonds is 2. The van der Waals surface area contributed by atoms with E-state index in [-0.39, 0.29) is 6.71 Å². The molecule has 0 radical (unpaired) electrons. The highest BCUT2D eigenvalue weighted by molar-refractivity contribution is 7.01. The molecular weight excluding hydrogens is 619 g/mol. The minimum atomic E-state index is -0.0303. The predicted molar refractivity (Wildman–Crippen MR) is 213 cm³/mol. The SMILES string of the molecule is c1ccc(-n2c3c(c4ccccc42)-n2c4ccccc4c4cc5c6ccccc6n6c5c(c42)B3c2c-6n(-c3ccccc3)c3ccccc23)cc1. The Hall–Kier alpha value is -6.72. The Labute approximate surface area is 292 Å². The number of benzene rings is 7. The largest absolute Gasteiger partial charge is 0.319 e. The standard InChI is InChI=1S/C46H27BN4/c1-3-15-28(16-4-1)48-39-26-14-10-22-33(39)44-45(48)47-40-32-21-9-13-25-38(32)49(29-17-5-2-6-18-29)46(40)51-37-24-12-8-20-31(37)35-27-34-30-19-7-11-23-36(30)50(44)42(34)41(47)43(35)51/h1-27H. The fourth-order valence-corrected chi connectivity index (χ4v) is 9.95. The van der Waals surface area contributed by atoms with Gasteiger partial charge in [0.25, 0.3) is 6.71 Å². The maximum Gasteiger partial charge on any atom is 0.276 e. The van der Waals surface area contributed by atoms with E-state index in [0.29, 0.717) is 0 Å². The Balaban J connectivity index is 1.38. The quantitative estimate of drug-likeness (QED) is 0.167. The van der Waals surface area contributed by atoms with Gasteiger partial charge in [0.05, 0.1) is 38.8 Å². The summed E-state index contributed by atoms with van der Waals surface area (Å²) in [6.07, 6.45) is 0. The van der Waals surface area contributed by atoms with Crippen LogP contribution in [0.15, 0.2) is 164 Å². The molecule has 0 saturated carbocycles. The van der Waals surface area contributed by atoms with Crippen molar-refractivity contribution >= 4 is 88.6 Å². The molecule has 6 heterocycles. The monoisotopic (exact) mass is 646 g/mol. The second kappa shape index (κ2) is 9.09. The number of para-hydroxylation sites is 6. The summed E-state index contributed by atoms with van der Waals surface area (Å²) < 4.78 is 10.3. The summed E-state index contributed by atoms with van der Waals surface area (Å²) in [6.45, 7) is -0.0303. The molecule has 0 unspecified atom stereocenters. The normalized spacial score (nSPS) is 13.1. The Bertz CT molecular complexity index is 3300. The first-order valence-electron chi connectivity index (χ1n) is 17.8. The summed E-state index contributed by atoms with van der Waals surface area (Å²) in [7, 11) is 0. The van der Waals surface area contributed by atoms with Gasteiger partial charge in [-0.15, -0.1) is 0 Å². The molecule has 0 atom stereocenters.